The molecule has 0 unspecified atom stereocenters. The molecule has 0 bridgehead atoms. The van der Waals surface area contributed by atoms with Gasteiger partial charge in [-0.2, -0.15) is 0 Å². The third kappa shape index (κ3) is 4.26. The van der Waals surface area contributed by atoms with Crippen molar-refractivity contribution in [2.45, 2.75) is 64.7 Å². The van der Waals surface area contributed by atoms with Crippen molar-refractivity contribution in [1.29, 1.82) is 0 Å². The van der Waals surface area contributed by atoms with Gasteiger partial charge >= 0.3 is 0 Å². The summed E-state index contributed by atoms with van der Waals surface area (Å²) in [6, 6.07) is 18.2. The summed E-state index contributed by atoms with van der Waals surface area (Å²) in [6.45, 7) is 11.8. The second kappa shape index (κ2) is 7.61. The second-order valence-corrected chi connectivity index (χ2v) is 10.9. The van der Waals surface area contributed by atoms with E-state index in [1.807, 2.05) is 11.3 Å². The zero-order valence-electron chi connectivity index (χ0n) is 18.4. The highest BCUT2D eigenvalue weighted by Gasteiger charge is 2.37. The molecule has 0 atom stereocenters. The number of fused-ring (bicyclic) bond motifs is 1. The maximum Gasteiger partial charge on any atom is 0.00892 e. The van der Waals surface area contributed by atoms with Gasteiger partial charge in [0.2, 0.25) is 0 Å². The van der Waals surface area contributed by atoms with Crippen LogP contribution in [0.4, 0.5) is 0 Å². The number of rotatable bonds is 4. The average molecular weight is 401 g/mol. The van der Waals surface area contributed by atoms with Crippen LogP contribution < -0.4 is 0 Å². The van der Waals surface area contributed by atoms with Gasteiger partial charge in [0.25, 0.3) is 0 Å². The summed E-state index contributed by atoms with van der Waals surface area (Å²) in [6.07, 6.45) is 8.10. The first-order valence-electron chi connectivity index (χ1n) is 10.7. The Hall–Kier alpha value is -2.12. The highest BCUT2D eigenvalue weighted by Crippen LogP contribution is 2.47. The number of hydrogen-bond acceptors (Lipinski definition) is 1. The van der Waals surface area contributed by atoms with Crippen LogP contribution in [-0.2, 0) is 17.3 Å². The van der Waals surface area contributed by atoms with Gasteiger partial charge < -0.3 is 0 Å². The molecule has 1 heterocycles. The molecule has 2 aromatic carbocycles. The molecule has 0 aliphatic heterocycles. The third-order valence-corrected chi connectivity index (χ3v) is 7.47. The van der Waals surface area contributed by atoms with Crippen molar-refractivity contribution in [3.63, 3.8) is 0 Å². The van der Waals surface area contributed by atoms with E-state index in [1.54, 1.807) is 5.56 Å². The van der Waals surface area contributed by atoms with Crippen LogP contribution in [0.2, 0.25) is 0 Å². The first kappa shape index (κ1) is 20.2. The summed E-state index contributed by atoms with van der Waals surface area (Å²) in [7, 11) is 0. The second-order valence-electron chi connectivity index (χ2n) is 9.86. The summed E-state index contributed by atoms with van der Waals surface area (Å²) in [5, 5.41) is 2.18. The molecular formula is C28H32S. The fourth-order valence-electron chi connectivity index (χ4n) is 4.45. The molecule has 0 fully saturated rings. The van der Waals surface area contributed by atoms with Crippen LogP contribution in [0.3, 0.4) is 0 Å². The minimum absolute atomic E-state index is 0.235. The number of benzene rings is 2. The highest BCUT2D eigenvalue weighted by atomic mass is 32.1. The third-order valence-electron chi connectivity index (χ3n) is 6.59. The van der Waals surface area contributed by atoms with Crippen LogP contribution >= 0.6 is 11.3 Å². The minimum atomic E-state index is 0.235. The molecular weight excluding hydrogens is 368 g/mol. The largest absolute Gasteiger partial charge is 0.149 e. The van der Waals surface area contributed by atoms with Gasteiger partial charge in [-0.3, -0.25) is 0 Å². The molecule has 3 aromatic rings. The standard InChI is InChI=1S/C28H32S/c1-20-8-10-21(11-9-20)12-13-22-18-25-26(28(4,5)15-14-27(25,2)3)19-23(22)17-24-7-6-16-29-24/h6-13,16,18-19H,14-15,17H2,1-5H3/b13-12+. The highest BCUT2D eigenvalue weighted by molar-refractivity contribution is 7.09. The van der Waals surface area contributed by atoms with Crippen LogP contribution in [0.15, 0.2) is 53.9 Å². The average Bonchev–Trinajstić information content (AvgIpc) is 3.18. The van der Waals surface area contributed by atoms with E-state index in [0.717, 1.165) is 6.42 Å². The van der Waals surface area contributed by atoms with Gasteiger partial charge in [-0.25, -0.2) is 0 Å². The van der Waals surface area contributed by atoms with E-state index in [0.29, 0.717) is 0 Å². The lowest BCUT2D eigenvalue weighted by Gasteiger charge is -2.42. The van der Waals surface area contributed by atoms with Crippen molar-refractivity contribution in [3.8, 4) is 0 Å². The van der Waals surface area contributed by atoms with Crippen molar-refractivity contribution in [3.05, 3.63) is 92.2 Å². The summed E-state index contributed by atoms with van der Waals surface area (Å²) >= 11 is 1.86. The molecule has 1 aromatic heterocycles. The van der Waals surface area contributed by atoms with E-state index in [1.165, 1.54) is 45.5 Å². The molecule has 0 saturated carbocycles. The van der Waals surface area contributed by atoms with Crippen molar-refractivity contribution in [2.75, 3.05) is 0 Å². The Kier molecular flexibility index (Phi) is 5.29. The van der Waals surface area contributed by atoms with Crippen LogP contribution in [0.25, 0.3) is 12.2 Å². The first-order valence-corrected chi connectivity index (χ1v) is 11.6. The molecule has 29 heavy (non-hydrogen) atoms. The minimum Gasteiger partial charge on any atom is -0.149 e. The van der Waals surface area contributed by atoms with E-state index in [4.69, 9.17) is 0 Å². The first-order chi connectivity index (χ1) is 13.7. The van der Waals surface area contributed by atoms with E-state index in [-0.39, 0.29) is 10.8 Å². The van der Waals surface area contributed by atoms with Crippen LogP contribution in [-0.4, -0.2) is 0 Å². The Bertz CT molecular complexity index is 1010. The topological polar surface area (TPSA) is 0 Å². The predicted octanol–water partition coefficient (Wildman–Crippen LogP) is 8.17. The molecule has 1 aliphatic rings. The zero-order valence-corrected chi connectivity index (χ0v) is 19.2. The molecule has 1 aliphatic carbocycles. The molecule has 0 amide bonds. The molecule has 0 radical (unpaired) electrons. The molecule has 150 valence electrons. The Morgan fingerprint density at radius 1 is 0.862 bits per heavy atom. The SMILES string of the molecule is Cc1ccc(/C=C/c2cc3c(cc2Cc2cccs2)C(C)(C)CCC3(C)C)cc1. The van der Waals surface area contributed by atoms with Crippen LogP contribution in [0.5, 0.6) is 0 Å². The van der Waals surface area contributed by atoms with E-state index in [9.17, 15) is 0 Å². The Balaban J connectivity index is 1.82. The van der Waals surface area contributed by atoms with Gasteiger partial charge in [0.05, 0.1) is 0 Å². The Morgan fingerprint density at radius 2 is 1.52 bits per heavy atom. The fraction of sp³-hybridized carbons (Fsp3) is 0.357. The maximum absolute atomic E-state index is 2.52. The fourth-order valence-corrected chi connectivity index (χ4v) is 5.18. The monoisotopic (exact) mass is 400 g/mol. The van der Waals surface area contributed by atoms with E-state index in [2.05, 4.69) is 101 Å². The molecule has 1 heteroatoms. The summed E-state index contributed by atoms with van der Waals surface area (Å²) in [4.78, 5) is 1.43. The Labute approximate surface area is 180 Å². The van der Waals surface area contributed by atoms with E-state index < -0.39 is 0 Å². The zero-order chi connectivity index (χ0) is 20.6. The number of hydrogen-bond donors (Lipinski definition) is 0. The van der Waals surface area contributed by atoms with Crippen LogP contribution in [0, 0.1) is 6.92 Å². The van der Waals surface area contributed by atoms with Gasteiger partial charge in [0, 0.05) is 11.3 Å². The van der Waals surface area contributed by atoms with Crippen molar-refractivity contribution >= 4 is 23.5 Å². The molecule has 0 N–H and O–H groups in total. The van der Waals surface area contributed by atoms with Crippen molar-refractivity contribution in [2.24, 2.45) is 0 Å². The molecule has 4 rings (SSSR count). The molecule has 0 spiro atoms. The van der Waals surface area contributed by atoms with Gasteiger partial charge in [-0.05, 0) is 69.9 Å². The molecule has 0 nitrogen and oxygen atoms in total. The maximum atomic E-state index is 2.52. The predicted molar refractivity (Wildman–Crippen MR) is 129 cm³/mol. The Morgan fingerprint density at radius 3 is 2.14 bits per heavy atom. The number of aryl methyl sites for hydroxylation is 1. The summed E-state index contributed by atoms with van der Waals surface area (Å²) in [5.74, 6) is 0. The lowest BCUT2D eigenvalue weighted by atomic mass is 9.62. The number of thiophene rings is 1. The lowest BCUT2D eigenvalue weighted by Crippen LogP contribution is -2.34. The summed E-state index contributed by atoms with van der Waals surface area (Å²) < 4.78 is 0. The normalized spacial score (nSPS) is 17.4. The van der Waals surface area contributed by atoms with Gasteiger partial charge in [-0.15, -0.1) is 11.3 Å². The van der Waals surface area contributed by atoms with Gasteiger partial charge in [-0.1, -0.05) is 87.9 Å². The van der Waals surface area contributed by atoms with Crippen LogP contribution in [0.1, 0.15) is 78.8 Å². The van der Waals surface area contributed by atoms with E-state index >= 15 is 0 Å². The van der Waals surface area contributed by atoms with Gasteiger partial charge in [0.15, 0.2) is 0 Å². The smallest absolute Gasteiger partial charge is 0.00892 e. The summed E-state index contributed by atoms with van der Waals surface area (Å²) in [5.41, 5.74) is 8.93. The van der Waals surface area contributed by atoms with Gasteiger partial charge in [0.1, 0.15) is 0 Å². The van der Waals surface area contributed by atoms with Crippen molar-refractivity contribution in [1.82, 2.24) is 0 Å². The van der Waals surface area contributed by atoms with Crippen molar-refractivity contribution < 1.29 is 0 Å². The molecule has 0 saturated heterocycles. The quantitative estimate of drug-likeness (QED) is 0.387. The lowest BCUT2D eigenvalue weighted by molar-refractivity contribution is 0.331.